The number of nitrogens with one attached hydrogen (secondary N) is 1. The summed E-state index contributed by atoms with van der Waals surface area (Å²) >= 11 is 0. The van der Waals surface area contributed by atoms with Crippen LogP contribution >= 0.6 is 0 Å². The summed E-state index contributed by atoms with van der Waals surface area (Å²) in [5, 5.41) is 3.45. The molecule has 3 nitrogen and oxygen atoms in total. The molecule has 0 saturated carbocycles. The lowest BCUT2D eigenvalue weighted by Crippen LogP contribution is -2.48. The zero-order valence-electron chi connectivity index (χ0n) is 17.1. The molecule has 32 heavy (non-hydrogen) atoms. The third kappa shape index (κ3) is 4.88. The summed E-state index contributed by atoms with van der Waals surface area (Å²) in [5.41, 5.74) is -0.474. The summed E-state index contributed by atoms with van der Waals surface area (Å²) in [7, 11) is 0. The quantitative estimate of drug-likeness (QED) is 0.568. The number of hydrogen-bond acceptors (Lipinski definition) is 3. The first kappa shape index (κ1) is 22.9. The topological polar surface area (TPSA) is 30.5 Å². The molecule has 0 amide bonds. The van der Waals surface area contributed by atoms with E-state index < -0.39 is 36.0 Å². The molecule has 2 saturated heterocycles. The summed E-state index contributed by atoms with van der Waals surface area (Å²) in [6, 6.07) is 12.1. The lowest BCUT2D eigenvalue weighted by molar-refractivity contribution is -0.153. The van der Waals surface area contributed by atoms with Crippen LogP contribution in [0.25, 0.3) is 0 Å². The number of benzene rings is 2. The van der Waals surface area contributed by atoms with Gasteiger partial charge in [-0.2, -0.15) is 26.3 Å². The molecular formula is C23H23F6NO2. The largest absolute Gasteiger partial charge is 0.484 e. The molecule has 0 unspecified atom stereocenters. The third-order valence-electron chi connectivity index (χ3n) is 6.12. The van der Waals surface area contributed by atoms with Crippen LogP contribution in [0.4, 0.5) is 26.3 Å². The lowest BCUT2D eigenvalue weighted by atomic mass is 9.76. The van der Waals surface area contributed by atoms with Crippen LogP contribution in [0.1, 0.15) is 47.9 Å². The van der Waals surface area contributed by atoms with Gasteiger partial charge in [0.25, 0.3) is 0 Å². The average molecular weight is 459 g/mol. The maximum Gasteiger partial charge on any atom is 0.422 e. The summed E-state index contributed by atoms with van der Waals surface area (Å²) in [6.07, 6.45) is -7.31. The van der Waals surface area contributed by atoms with Crippen molar-refractivity contribution in [2.45, 2.75) is 49.2 Å². The van der Waals surface area contributed by atoms with E-state index in [-0.39, 0.29) is 24.0 Å². The number of piperidine rings is 1. The van der Waals surface area contributed by atoms with Gasteiger partial charge in [-0.05, 0) is 49.6 Å². The van der Waals surface area contributed by atoms with Crippen LogP contribution in [0, 0.1) is 0 Å². The zero-order chi connectivity index (χ0) is 23.0. The first-order chi connectivity index (χ1) is 15.1. The van der Waals surface area contributed by atoms with E-state index in [4.69, 9.17) is 9.47 Å². The number of halogens is 6. The lowest BCUT2D eigenvalue weighted by Gasteiger charge is -2.41. The second kappa shape index (κ2) is 8.59. The van der Waals surface area contributed by atoms with Gasteiger partial charge in [0.1, 0.15) is 5.75 Å². The van der Waals surface area contributed by atoms with Crippen molar-refractivity contribution in [3.8, 4) is 5.75 Å². The molecule has 2 heterocycles. The normalized spacial score (nSPS) is 26.4. The van der Waals surface area contributed by atoms with Gasteiger partial charge >= 0.3 is 12.4 Å². The van der Waals surface area contributed by atoms with Crippen molar-refractivity contribution in [2.75, 3.05) is 19.8 Å². The molecule has 0 radical (unpaired) electrons. The summed E-state index contributed by atoms with van der Waals surface area (Å²) in [6.45, 7) is -0.689. The van der Waals surface area contributed by atoms with Crippen molar-refractivity contribution >= 4 is 0 Å². The van der Waals surface area contributed by atoms with E-state index in [9.17, 15) is 26.3 Å². The van der Waals surface area contributed by atoms with Crippen molar-refractivity contribution in [3.05, 3.63) is 65.2 Å². The molecule has 4 rings (SSSR count). The van der Waals surface area contributed by atoms with Crippen molar-refractivity contribution in [3.63, 3.8) is 0 Å². The van der Waals surface area contributed by atoms with Crippen LogP contribution in [0.3, 0.4) is 0 Å². The minimum Gasteiger partial charge on any atom is -0.484 e. The maximum absolute atomic E-state index is 13.3. The summed E-state index contributed by atoms with van der Waals surface area (Å²) in [5.74, 6) is -0.715. The van der Waals surface area contributed by atoms with Crippen LogP contribution in [0.5, 0.6) is 5.75 Å². The SMILES string of the molecule is FC(F)(F)COc1ccc(C(F)(F)F)cc1[C@H]1CO[C@]2(CCCN[C@H]2c2ccccc2)C1. The van der Waals surface area contributed by atoms with Gasteiger partial charge in [0.15, 0.2) is 6.61 Å². The molecule has 1 N–H and O–H groups in total. The van der Waals surface area contributed by atoms with Crippen LogP contribution in [-0.2, 0) is 10.9 Å². The highest BCUT2D eigenvalue weighted by Gasteiger charge is 2.49. The Morgan fingerprint density at radius 1 is 1.03 bits per heavy atom. The fraction of sp³-hybridized carbons (Fsp3) is 0.478. The molecule has 174 valence electrons. The van der Waals surface area contributed by atoms with Gasteiger partial charge < -0.3 is 14.8 Å². The Labute approximate surface area is 181 Å². The standard InChI is InChI=1S/C23H23F6NO2/c24-22(25,26)14-31-19-8-7-17(23(27,28)29)11-18(19)16-12-21(32-13-16)9-4-10-30-20(21)15-5-2-1-3-6-15/h1-3,5-8,11,16,20,30H,4,9-10,12-14H2/t16-,20+,21-/m1/s1. The highest BCUT2D eigenvalue weighted by molar-refractivity contribution is 5.42. The first-order valence-corrected chi connectivity index (χ1v) is 10.4. The van der Waals surface area contributed by atoms with E-state index in [0.717, 1.165) is 36.7 Å². The Bertz CT molecular complexity index is 930. The predicted octanol–water partition coefficient (Wildman–Crippen LogP) is 6.01. The number of hydrogen-bond donors (Lipinski definition) is 1. The Balaban J connectivity index is 1.65. The average Bonchev–Trinajstić information content (AvgIpc) is 3.16. The second-order valence-electron chi connectivity index (χ2n) is 8.33. The molecule has 1 spiro atoms. The van der Waals surface area contributed by atoms with Crippen molar-refractivity contribution in [1.82, 2.24) is 5.32 Å². The fourth-order valence-corrected chi connectivity index (χ4v) is 4.74. The molecular weight excluding hydrogens is 436 g/mol. The molecule has 3 atom stereocenters. The van der Waals surface area contributed by atoms with E-state index >= 15 is 0 Å². The van der Waals surface area contributed by atoms with Crippen LogP contribution in [0.15, 0.2) is 48.5 Å². The van der Waals surface area contributed by atoms with Gasteiger partial charge in [0.2, 0.25) is 0 Å². The molecule has 9 heteroatoms. The van der Waals surface area contributed by atoms with Gasteiger partial charge in [-0.15, -0.1) is 0 Å². The highest BCUT2D eigenvalue weighted by atomic mass is 19.4. The molecule has 0 aromatic heterocycles. The highest BCUT2D eigenvalue weighted by Crippen LogP contribution is 2.50. The van der Waals surface area contributed by atoms with E-state index in [1.165, 1.54) is 0 Å². The van der Waals surface area contributed by atoms with E-state index in [0.29, 0.717) is 12.8 Å². The monoisotopic (exact) mass is 459 g/mol. The number of alkyl halides is 6. The zero-order valence-corrected chi connectivity index (χ0v) is 17.1. The minimum absolute atomic E-state index is 0.0957. The smallest absolute Gasteiger partial charge is 0.422 e. The van der Waals surface area contributed by atoms with Crippen molar-refractivity contribution in [2.24, 2.45) is 0 Å². The molecule has 2 fully saturated rings. The van der Waals surface area contributed by atoms with Gasteiger partial charge in [0, 0.05) is 11.5 Å². The van der Waals surface area contributed by atoms with E-state index in [1.54, 1.807) is 0 Å². The molecule has 2 aliphatic heterocycles. The summed E-state index contributed by atoms with van der Waals surface area (Å²) < 4.78 is 89.2. The van der Waals surface area contributed by atoms with E-state index in [1.807, 2.05) is 30.3 Å². The molecule has 2 aliphatic rings. The minimum atomic E-state index is -4.62. The maximum atomic E-state index is 13.3. The Morgan fingerprint density at radius 3 is 2.47 bits per heavy atom. The van der Waals surface area contributed by atoms with Crippen LogP contribution in [-0.4, -0.2) is 31.5 Å². The summed E-state index contributed by atoms with van der Waals surface area (Å²) in [4.78, 5) is 0. The van der Waals surface area contributed by atoms with Gasteiger partial charge in [-0.25, -0.2) is 0 Å². The fourth-order valence-electron chi connectivity index (χ4n) is 4.74. The van der Waals surface area contributed by atoms with Crippen LogP contribution < -0.4 is 10.1 Å². The van der Waals surface area contributed by atoms with Crippen molar-refractivity contribution < 1.29 is 35.8 Å². The third-order valence-corrected chi connectivity index (χ3v) is 6.12. The number of ether oxygens (including phenoxy) is 2. The number of rotatable bonds is 4. The van der Waals surface area contributed by atoms with Gasteiger partial charge in [-0.1, -0.05) is 30.3 Å². The van der Waals surface area contributed by atoms with Crippen LogP contribution in [0.2, 0.25) is 0 Å². The predicted molar refractivity (Wildman–Crippen MR) is 105 cm³/mol. The Hall–Kier alpha value is -2.26. The molecule has 2 aromatic rings. The first-order valence-electron chi connectivity index (χ1n) is 10.4. The van der Waals surface area contributed by atoms with Gasteiger partial charge in [0.05, 0.1) is 23.8 Å². The second-order valence-corrected chi connectivity index (χ2v) is 8.33. The van der Waals surface area contributed by atoms with E-state index in [2.05, 4.69) is 5.32 Å². The van der Waals surface area contributed by atoms with Crippen molar-refractivity contribution in [1.29, 1.82) is 0 Å². The molecule has 0 aliphatic carbocycles. The molecule has 0 bridgehead atoms. The Kier molecular flexibility index (Phi) is 6.15. The van der Waals surface area contributed by atoms with Gasteiger partial charge in [-0.3, -0.25) is 0 Å². The Morgan fingerprint density at radius 2 is 1.78 bits per heavy atom. The molecule has 2 aromatic carbocycles.